The minimum absolute atomic E-state index is 0.0898. The molecule has 72 heavy (non-hydrogen) atoms. The second-order valence-electron chi connectivity index (χ2n) is 18.6. The van der Waals surface area contributed by atoms with Gasteiger partial charge in [-0.3, -0.25) is 13.9 Å². The molecule has 3 aromatic carbocycles. The van der Waals surface area contributed by atoms with Gasteiger partial charge in [0.15, 0.2) is 5.71 Å². The molecule has 0 atom stereocenters. The number of carbonyl (C=O) groups is 1. The van der Waals surface area contributed by atoms with Gasteiger partial charge in [-0.15, -0.1) is 8.67 Å². The number of fused-ring (bicyclic) bond motifs is 2. The smallest absolute Gasteiger partial charge is 0.303 e. The van der Waals surface area contributed by atoms with Crippen LogP contribution in [0.5, 0.6) is 0 Å². The van der Waals surface area contributed by atoms with Gasteiger partial charge < -0.3 is 10.0 Å². The standard InChI is InChI=1S/C49H57F3N2O14S4/c1-48(2)36-28-33(70-68-66-58)18-20-40(36)53(24-7-9-26-69-67-65-57)42(48)22-16-31-12-11-13-32(45(31)46-39(51)30-38(50)35(47(46)52)14-5-6-15-44(55)56)17-23-43-49(3,4)37-29-34(72(62,63)64)19-21-41(37)54(43)25-8-10-27-71(59,60)61/h16-23,28-30H,5-15,24-27H2,1-4H3,(H4-,55,56,57,58,59,60,61,62,63,64)/p+1. The monoisotopic (exact) mass is 1080 g/mol. The van der Waals surface area contributed by atoms with Crippen LogP contribution in [0.25, 0.3) is 5.57 Å². The van der Waals surface area contributed by atoms with Crippen LogP contribution in [-0.4, -0.2) is 82.4 Å². The average molecular weight is 1080 g/mol. The lowest BCUT2D eigenvalue weighted by molar-refractivity contribution is -0.438. The Morgan fingerprint density at radius 1 is 0.833 bits per heavy atom. The van der Waals surface area contributed by atoms with Crippen LogP contribution < -0.4 is 4.90 Å². The minimum Gasteiger partial charge on any atom is -0.481 e. The summed E-state index contributed by atoms with van der Waals surface area (Å²) >= 11 is 1.74. The minimum atomic E-state index is -4.62. The number of unbranched alkanes of at least 4 members (excludes halogenated alkanes) is 3. The normalized spacial score (nSPS) is 17.8. The molecule has 0 unspecified atom stereocenters. The molecule has 0 amide bonds. The number of rotatable bonds is 25. The van der Waals surface area contributed by atoms with Crippen LogP contribution in [0, 0.1) is 17.5 Å². The number of aliphatic carboxylic acids is 1. The number of benzene rings is 3. The molecule has 2 aliphatic heterocycles. The molecule has 0 fully saturated rings. The van der Waals surface area contributed by atoms with Gasteiger partial charge in [0.1, 0.15) is 24.0 Å². The van der Waals surface area contributed by atoms with Gasteiger partial charge in [-0.25, -0.2) is 23.7 Å². The molecular formula is C49H58F3N2O14S4+. The maximum atomic E-state index is 17.2. The third kappa shape index (κ3) is 13.5. The number of halogens is 3. The van der Waals surface area contributed by atoms with Crippen LogP contribution in [0.3, 0.4) is 0 Å². The van der Waals surface area contributed by atoms with Gasteiger partial charge in [0.05, 0.1) is 33.7 Å². The van der Waals surface area contributed by atoms with Crippen molar-refractivity contribution < 1.29 is 82.8 Å². The molecule has 0 spiro atoms. The topological polar surface area (TPSA) is 230 Å². The Labute approximate surface area is 425 Å². The summed E-state index contributed by atoms with van der Waals surface area (Å²) in [4.78, 5) is 13.4. The lowest BCUT2D eigenvalue weighted by atomic mass is 9.79. The third-order valence-electron chi connectivity index (χ3n) is 13.2. The fraction of sp³-hybridized carbons (Fsp3) is 0.429. The molecule has 0 radical (unpaired) electrons. The summed E-state index contributed by atoms with van der Waals surface area (Å²) in [6, 6.07) is 10.4. The summed E-state index contributed by atoms with van der Waals surface area (Å²) in [5.74, 6) is -4.43. The summed E-state index contributed by atoms with van der Waals surface area (Å²) in [6.07, 6.45) is 9.92. The third-order valence-corrected chi connectivity index (χ3v) is 16.0. The molecule has 6 rings (SSSR count). The lowest BCUT2D eigenvalue weighted by Crippen LogP contribution is -2.28. The van der Waals surface area contributed by atoms with E-state index in [0.717, 1.165) is 41.0 Å². The van der Waals surface area contributed by atoms with Crippen LogP contribution >= 0.6 is 24.1 Å². The Hall–Kier alpha value is -4.37. The van der Waals surface area contributed by atoms with Gasteiger partial charge in [0.25, 0.3) is 20.2 Å². The quantitative estimate of drug-likeness (QED) is 0.0133. The van der Waals surface area contributed by atoms with Crippen LogP contribution in [0.2, 0.25) is 0 Å². The van der Waals surface area contributed by atoms with E-state index in [1.807, 2.05) is 56.9 Å². The van der Waals surface area contributed by atoms with E-state index in [-0.39, 0.29) is 61.1 Å². The summed E-state index contributed by atoms with van der Waals surface area (Å²) in [5.41, 5.74) is 3.01. The van der Waals surface area contributed by atoms with Crippen molar-refractivity contribution in [2.24, 2.45) is 0 Å². The van der Waals surface area contributed by atoms with Crippen molar-refractivity contribution >= 4 is 73.0 Å². The van der Waals surface area contributed by atoms with Crippen molar-refractivity contribution in [1.82, 2.24) is 0 Å². The molecule has 0 saturated heterocycles. The maximum Gasteiger partial charge on any atom is 0.303 e. The first-order valence-corrected chi connectivity index (χ1v) is 27.8. The molecule has 5 N–H and O–H groups in total. The largest absolute Gasteiger partial charge is 0.481 e. The van der Waals surface area contributed by atoms with Gasteiger partial charge >= 0.3 is 5.97 Å². The average Bonchev–Trinajstić information content (AvgIpc) is 3.65. The summed E-state index contributed by atoms with van der Waals surface area (Å²) in [6.45, 7) is 8.44. The van der Waals surface area contributed by atoms with E-state index in [0.29, 0.717) is 83.5 Å². The Kier molecular flexibility index (Phi) is 19.2. The van der Waals surface area contributed by atoms with Crippen LogP contribution in [0.15, 0.2) is 93.4 Å². The first-order chi connectivity index (χ1) is 34.0. The number of anilines is 1. The van der Waals surface area contributed by atoms with Gasteiger partial charge in [0.2, 0.25) is 5.69 Å². The molecule has 392 valence electrons. The first-order valence-electron chi connectivity index (χ1n) is 23.1. The number of hydrogen-bond acceptors (Lipinski definition) is 14. The zero-order chi connectivity index (χ0) is 52.6. The van der Waals surface area contributed by atoms with Crippen molar-refractivity contribution in [2.75, 3.05) is 29.5 Å². The van der Waals surface area contributed by atoms with E-state index in [2.05, 4.69) is 19.0 Å². The highest BCUT2D eigenvalue weighted by atomic mass is 32.2. The molecule has 3 aromatic rings. The van der Waals surface area contributed by atoms with E-state index in [4.69, 9.17) is 14.8 Å². The summed E-state index contributed by atoms with van der Waals surface area (Å²) in [7, 11) is -8.89. The van der Waals surface area contributed by atoms with Crippen molar-refractivity contribution in [3.05, 3.63) is 123 Å². The molecule has 0 aromatic heterocycles. The van der Waals surface area contributed by atoms with E-state index >= 15 is 13.2 Å². The molecule has 1 aliphatic carbocycles. The molecule has 16 nitrogen and oxygen atoms in total. The van der Waals surface area contributed by atoms with Gasteiger partial charge in [0, 0.05) is 88.2 Å². The van der Waals surface area contributed by atoms with Crippen molar-refractivity contribution in [1.29, 1.82) is 0 Å². The lowest BCUT2D eigenvalue weighted by Gasteiger charge is -2.28. The molecule has 0 bridgehead atoms. The highest BCUT2D eigenvalue weighted by molar-refractivity contribution is 7.94. The van der Waals surface area contributed by atoms with E-state index in [1.54, 1.807) is 18.2 Å². The van der Waals surface area contributed by atoms with Crippen molar-refractivity contribution in [2.45, 2.75) is 119 Å². The number of nitrogens with zero attached hydrogens (tertiary/aromatic N) is 2. The number of carboxylic acids is 1. The number of carboxylic acid groups (broad SMARTS) is 1. The van der Waals surface area contributed by atoms with Gasteiger partial charge in [-0.05, 0) is 130 Å². The van der Waals surface area contributed by atoms with E-state index in [9.17, 15) is 35.8 Å². The summed E-state index contributed by atoms with van der Waals surface area (Å²) in [5, 5.41) is 34.2. The molecule has 23 heteroatoms. The molecular weight excluding hydrogens is 1030 g/mol. The maximum absolute atomic E-state index is 17.2. The highest BCUT2D eigenvalue weighted by Crippen LogP contribution is 2.50. The number of allylic oxidation sites excluding steroid dienone is 8. The predicted molar refractivity (Wildman–Crippen MR) is 266 cm³/mol. The number of hydrogen-bond donors (Lipinski definition) is 5. The van der Waals surface area contributed by atoms with E-state index in [1.165, 1.54) is 18.2 Å². The van der Waals surface area contributed by atoms with Crippen LogP contribution in [-0.2, 0) is 61.0 Å². The second kappa shape index (κ2) is 24.3. The van der Waals surface area contributed by atoms with Gasteiger partial charge in [-0.1, -0.05) is 36.1 Å². The predicted octanol–water partition coefficient (Wildman–Crippen LogP) is 11.3. The Morgan fingerprint density at radius 2 is 1.58 bits per heavy atom. The highest BCUT2D eigenvalue weighted by Gasteiger charge is 2.45. The Bertz CT molecular complexity index is 2920. The molecule has 3 aliphatic rings. The zero-order valence-corrected chi connectivity index (χ0v) is 43.3. The fourth-order valence-corrected chi connectivity index (χ4v) is 11.6. The fourth-order valence-electron chi connectivity index (χ4n) is 9.71. The van der Waals surface area contributed by atoms with Crippen LogP contribution in [0.1, 0.15) is 114 Å². The SMILES string of the molecule is CC1(C)C(/C=C/C2=C(c3c(F)cc(F)c(CCCCC(=O)O)c3F)C(=C/C=C3/N(CCCCS(=O)(=O)O)c4ccc(S(=O)(=O)O)cc4C3(C)C)/CCC2)=[N+](CCCCSOOO)c2ccc(SOOO)cc21. The molecule has 0 saturated carbocycles. The zero-order valence-electron chi connectivity index (χ0n) is 40.0. The molecule has 2 heterocycles. The van der Waals surface area contributed by atoms with Crippen LogP contribution in [0.4, 0.5) is 24.5 Å². The first kappa shape index (κ1) is 56.9. The van der Waals surface area contributed by atoms with Crippen molar-refractivity contribution in [3.63, 3.8) is 0 Å². The van der Waals surface area contributed by atoms with E-state index < -0.39 is 65.8 Å². The Morgan fingerprint density at radius 3 is 2.28 bits per heavy atom. The summed E-state index contributed by atoms with van der Waals surface area (Å²) < 4.78 is 128. The Balaban J connectivity index is 1.54. The second-order valence-corrected chi connectivity index (χ2v) is 23.1. The van der Waals surface area contributed by atoms with Gasteiger partial charge in [-0.2, -0.15) is 21.4 Å². The van der Waals surface area contributed by atoms with Crippen molar-refractivity contribution in [3.8, 4) is 0 Å².